The second-order valence-corrected chi connectivity index (χ2v) is 7.10. The van der Waals surface area contributed by atoms with Crippen molar-refractivity contribution >= 4 is 23.2 Å². The molecule has 1 aromatic heterocycles. The molecule has 6 nitrogen and oxygen atoms in total. The van der Waals surface area contributed by atoms with Crippen LogP contribution in [-0.2, 0) is 10.3 Å². The van der Waals surface area contributed by atoms with E-state index in [0.29, 0.717) is 27.5 Å². The number of hydrogen-bond donors (Lipinski definition) is 2. The predicted molar refractivity (Wildman–Crippen MR) is 112 cm³/mol. The van der Waals surface area contributed by atoms with Crippen LogP contribution in [0.15, 0.2) is 66.9 Å². The normalized spacial score (nSPS) is 18.4. The maximum Gasteiger partial charge on any atom is 0.263 e. The highest BCUT2D eigenvalue weighted by atomic mass is 32.1. The molecule has 1 aliphatic rings. The van der Waals surface area contributed by atoms with Crippen molar-refractivity contribution in [1.82, 2.24) is 15.2 Å². The van der Waals surface area contributed by atoms with Crippen molar-refractivity contribution < 1.29 is 9.90 Å². The van der Waals surface area contributed by atoms with Crippen molar-refractivity contribution in [3.63, 3.8) is 0 Å². The van der Waals surface area contributed by atoms with Gasteiger partial charge in [0.25, 0.3) is 5.91 Å². The lowest BCUT2D eigenvalue weighted by atomic mass is 9.82. The molecular formula is C22H16N4O2S. The summed E-state index contributed by atoms with van der Waals surface area (Å²) < 4.78 is 0. The second-order valence-electron chi connectivity index (χ2n) is 6.71. The van der Waals surface area contributed by atoms with E-state index in [9.17, 15) is 15.2 Å². The first kappa shape index (κ1) is 18.6. The number of carbonyl (C=O) groups excluding carboxylic acids is 1. The third-order valence-corrected chi connectivity index (χ3v) is 5.38. The number of thiocarbonyl (C=S) groups is 1. The van der Waals surface area contributed by atoms with E-state index in [-0.39, 0.29) is 11.7 Å². The van der Waals surface area contributed by atoms with Crippen molar-refractivity contribution in [3.8, 4) is 23.1 Å². The minimum absolute atomic E-state index is 0.106. The summed E-state index contributed by atoms with van der Waals surface area (Å²) >= 11 is 5.35. The van der Waals surface area contributed by atoms with Gasteiger partial charge in [-0.2, -0.15) is 5.26 Å². The molecule has 142 valence electrons. The molecule has 4 rings (SSSR count). The third kappa shape index (κ3) is 3.00. The van der Waals surface area contributed by atoms with Crippen LogP contribution in [0.4, 0.5) is 0 Å². The van der Waals surface area contributed by atoms with Crippen LogP contribution in [0.3, 0.4) is 0 Å². The van der Waals surface area contributed by atoms with E-state index in [1.54, 1.807) is 49.6 Å². The van der Waals surface area contributed by atoms with Crippen molar-refractivity contribution in [2.24, 2.45) is 0 Å². The molecule has 0 spiro atoms. The summed E-state index contributed by atoms with van der Waals surface area (Å²) in [4.78, 5) is 19.1. The Morgan fingerprint density at radius 1 is 1.14 bits per heavy atom. The molecule has 1 aliphatic heterocycles. The first-order valence-corrected chi connectivity index (χ1v) is 9.23. The second kappa shape index (κ2) is 7.00. The Balaban J connectivity index is 1.91. The predicted octanol–water partition coefficient (Wildman–Crippen LogP) is 2.92. The van der Waals surface area contributed by atoms with Gasteiger partial charge in [0.1, 0.15) is 5.75 Å². The van der Waals surface area contributed by atoms with E-state index < -0.39 is 5.54 Å². The Bertz CT molecular complexity index is 1170. The molecule has 2 aromatic carbocycles. The van der Waals surface area contributed by atoms with Gasteiger partial charge >= 0.3 is 0 Å². The highest BCUT2D eigenvalue weighted by molar-refractivity contribution is 7.80. The molecule has 1 atom stereocenters. The van der Waals surface area contributed by atoms with Crippen LogP contribution < -0.4 is 5.32 Å². The summed E-state index contributed by atoms with van der Waals surface area (Å²) in [6.07, 6.45) is 1.63. The number of aromatic hydroxyl groups is 1. The fourth-order valence-electron chi connectivity index (χ4n) is 3.48. The van der Waals surface area contributed by atoms with Crippen LogP contribution in [0.1, 0.15) is 16.7 Å². The highest BCUT2D eigenvalue weighted by Crippen LogP contribution is 2.37. The molecular weight excluding hydrogens is 384 g/mol. The van der Waals surface area contributed by atoms with Gasteiger partial charge in [-0.3, -0.25) is 14.7 Å². The zero-order valence-electron chi connectivity index (χ0n) is 15.5. The zero-order valence-corrected chi connectivity index (χ0v) is 16.3. The fraction of sp³-hybridized carbons (Fsp3) is 0.0909. The molecule has 0 saturated carbocycles. The van der Waals surface area contributed by atoms with Crippen molar-refractivity contribution in [1.29, 1.82) is 5.26 Å². The van der Waals surface area contributed by atoms with E-state index in [4.69, 9.17) is 12.2 Å². The molecule has 2 heterocycles. The van der Waals surface area contributed by atoms with Gasteiger partial charge in [0.15, 0.2) is 10.7 Å². The maximum absolute atomic E-state index is 13.3. The van der Waals surface area contributed by atoms with Crippen molar-refractivity contribution in [3.05, 3.63) is 83.6 Å². The third-order valence-electron chi connectivity index (χ3n) is 5.01. The smallest absolute Gasteiger partial charge is 0.263 e. The number of nitrogens with one attached hydrogen (secondary N) is 1. The quantitative estimate of drug-likeness (QED) is 0.657. The monoisotopic (exact) mass is 400 g/mol. The molecule has 1 unspecified atom stereocenters. The molecule has 7 heteroatoms. The first-order chi connectivity index (χ1) is 14.0. The summed E-state index contributed by atoms with van der Waals surface area (Å²) in [6, 6.07) is 19.3. The van der Waals surface area contributed by atoms with Gasteiger partial charge in [-0.05, 0) is 59.7 Å². The average molecular weight is 400 g/mol. The minimum Gasteiger partial charge on any atom is -0.508 e. The molecule has 0 radical (unpaired) electrons. The van der Waals surface area contributed by atoms with E-state index in [1.807, 2.05) is 12.1 Å². The van der Waals surface area contributed by atoms with Gasteiger partial charge in [0.2, 0.25) is 0 Å². The minimum atomic E-state index is -1.23. The first-order valence-electron chi connectivity index (χ1n) is 8.82. The number of nitrogens with zero attached hydrogens (tertiary/aromatic N) is 3. The van der Waals surface area contributed by atoms with Gasteiger partial charge in [-0.25, -0.2) is 0 Å². The molecule has 1 saturated heterocycles. The lowest BCUT2D eigenvalue weighted by Crippen LogP contribution is -2.45. The Morgan fingerprint density at radius 2 is 1.90 bits per heavy atom. The van der Waals surface area contributed by atoms with Gasteiger partial charge in [0.05, 0.1) is 17.3 Å². The van der Waals surface area contributed by atoms with Crippen LogP contribution in [0.2, 0.25) is 0 Å². The Morgan fingerprint density at radius 3 is 2.55 bits per heavy atom. The van der Waals surface area contributed by atoms with Crippen molar-refractivity contribution in [2.75, 3.05) is 7.05 Å². The van der Waals surface area contributed by atoms with Crippen LogP contribution >= 0.6 is 12.2 Å². The average Bonchev–Trinajstić information content (AvgIpc) is 2.99. The van der Waals surface area contributed by atoms with E-state index in [2.05, 4.69) is 16.4 Å². The summed E-state index contributed by atoms with van der Waals surface area (Å²) in [7, 11) is 1.62. The Hall–Kier alpha value is -3.76. The van der Waals surface area contributed by atoms with Crippen LogP contribution in [0, 0.1) is 11.3 Å². The van der Waals surface area contributed by atoms with Gasteiger partial charge in [-0.1, -0.05) is 24.3 Å². The van der Waals surface area contributed by atoms with Gasteiger partial charge < -0.3 is 10.4 Å². The Kier molecular flexibility index (Phi) is 4.49. The van der Waals surface area contributed by atoms with Crippen LogP contribution in [0.5, 0.6) is 5.75 Å². The van der Waals surface area contributed by atoms with Gasteiger partial charge in [-0.15, -0.1) is 0 Å². The molecule has 29 heavy (non-hydrogen) atoms. The Labute approximate surface area is 173 Å². The summed E-state index contributed by atoms with van der Waals surface area (Å²) in [5.74, 6) is -0.120. The number of carbonyl (C=O) groups is 1. The van der Waals surface area contributed by atoms with Gasteiger partial charge in [0, 0.05) is 18.8 Å². The lowest BCUT2D eigenvalue weighted by Gasteiger charge is -2.28. The molecule has 3 aromatic rings. The SMILES string of the molecule is CN1C(=O)C(c2ccc(O)cc2)(c2ccnc(-c3cccc(C#N)c3)c2)NC1=S. The topological polar surface area (TPSA) is 89.2 Å². The number of benzene rings is 2. The highest BCUT2D eigenvalue weighted by Gasteiger charge is 2.51. The fourth-order valence-corrected chi connectivity index (χ4v) is 3.72. The largest absolute Gasteiger partial charge is 0.508 e. The van der Waals surface area contributed by atoms with E-state index in [1.165, 1.54) is 17.0 Å². The zero-order chi connectivity index (χ0) is 20.6. The van der Waals surface area contributed by atoms with Crippen molar-refractivity contribution in [2.45, 2.75) is 5.54 Å². The number of amides is 1. The lowest BCUT2D eigenvalue weighted by molar-refractivity contribution is -0.129. The number of likely N-dealkylation sites (N-methyl/N-ethyl adjacent to an activating group) is 1. The number of rotatable bonds is 3. The van der Waals surface area contributed by atoms with Crippen LogP contribution in [-0.4, -0.2) is 33.1 Å². The number of pyridine rings is 1. The number of hydrogen-bond acceptors (Lipinski definition) is 5. The summed E-state index contributed by atoms with van der Waals surface area (Å²) in [5.41, 5.74) is 2.01. The number of nitriles is 1. The molecule has 2 N–H and O–H groups in total. The molecule has 0 bridgehead atoms. The number of aromatic nitrogens is 1. The summed E-state index contributed by atoms with van der Waals surface area (Å²) in [5, 5.41) is 22.3. The standard InChI is InChI=1S/C22H16N4O2S/c1-26-20(28)22(25-21(26)29,16-5-7-18(27)8-6-16)17-9-10-24-19(12-17)15-4-2-3-14(11-15)13-23/h2-12,27H,1H3,(H,25,29). The molecule has 1 amide bonds. The van der Waals surface area contributed by atoms with Crippen LogP contribution in [0.25, 0.3) is 11.3 Å². The number of phenolic OH excluding ortho intramolecular Hbond substituents is 1. The molecule has 1 fully saturated rings. The van der Waals surface area contributed by atoms with E-state index in [0.717, 1.165) is 5.56 Å². The number of phenols is 1. The molecule has 0 aliphatic carbocycles. The summed E-state index contributed by atoms with van der Waals surface area (Å²) in [6.45, 7) is 0. The van der Waals surface area contributed by atoms with E-state index >= 15 is 0 Å². The maximum atomic E-state index is 13.3.